The summed E-state index contributed by atoms with van der Waals surface area (Å²) in [5.74, 6) is -1.04. The molecular weight excluding hydrogens is 488 g/mol. The summed E-state index contributed by atoms with van der Waals surface area (Å²) in [6, 6.07) is 17.1. The number of rotatable bonds is 6. The van der Waals surface area contributed by atoms with Gasteiger partial charge in [0.15, 0.2) is 0 Å². The minimum Gasteiger partial charge on any atom is -0.481 e. The Morgan fingerprint density at radius 3 is 2.49 bits per heavy atom. The first-order chi connectivity index (χ1) is 17.7. The Balaban J connectivity index is 1.79. The van der Waals surface area contributed by atoms with Gasteiger partial charge in [-0.2, -0.15) is 5.26 Å². The van der Waals surface area contributed by atoms with E-state index >= 15 is 0 Å². The summed E-state index contributed by atoms with van der Waals surface area (Å²) in [5.41, 5.74) is 6.00. The van der Waals surface area contributed by atoms with E-state index in [2.05, 4.69) is 23.2 Å². The highest BCUT2D eigenvalue weighted by Crippen LogP contribution is 2.33. The summed E-state index contributed by atoms with van der Waals surface area (Å²) in [7, 11) is 0. The molecule has 2 heterocycles. The largest absolute Gasteiger partial charge is 0.481 e. The predicted octanol–water partition coefficient (Wildman–Crippen LogP) is 6.10. The summed E-state index contributed by atoms with van der Waals surface area (Å²) >= 11 is 6.08. The third-order valence-electron chi connectivity index (χ3n) is 6.96. The van der Waals surface area contributed by atoms with E-state index in [-0.39, 0.29) is 18.2 Å². The Bertz CT molecular complexity index is 1770. The number of carboxylic acid groups (broad SMARTS) is 1. The SMILES string of the molecule is Cc1cc(C)c2c(C(C)n3c(=O)n(C(CC(=O)O)c4ccc(Cl)cc4)c4cc(C#N)ccc43)c[nH]c2c1. The van der Waals surface area contributed by atoms with Gasteiger partial charge in [0, 0.05) is 27.7 Å². The molecule has 0 aliphatic rings. The van der Waals surface area contributed by atoms with Crippen LogP contribution in [0, 0.1) is 25.2 Å². The number of hydrogen-bond acceptors (Lipinski definition) is 3. The van der Waals surface area contributed by atoms with E-state index in [0.717, 1.165) is 27.6 Å². The normalized spacial score (nSPS) is 13.1. The summed E-state index contributed by atoms with van der Waals surface area (Å²) in [6.45, 7) is 6.05. The van der Waals surface area contributed by atoms with Crippen molar-refractivity contribution in [2.45, 2.75) is 39.3 Å². The molecule has 37 heavy (non-hydrogen) atoms. The number of aliphatic carboxylic acids is 1. The first kappa shape index (κ1) is 24.4. The quantitative estimate of drug-likeness (QED) is 0.287. The number of fused-ring (bicyclic) bond motifs is 2. The molecule has 7 nitrogen and oxygen atoms in total. The Morgan fingerprint density at radius 2 is 1.81 bits per heavy atom. The van der Waals surface area contributed by atoms with E-state index in [4.69, 9.17) is 11.6 Å². The van der Waals surface area contributed by atoms with Crippen LogP contribution in [0.3, 0.4) is 0 Å². The van der Waals surface area contributed by atoms with Crippen LogP contribution >= 0.6 is 11.6 Å². The molecule has 2 N–H and O–H groups in total. The lowest BCUT2D eigenvalue weighted by atomic mass is 10.0. The van der Waals surface area contributed by atoms with Gasteiger partial charge in [-0.15, -0.1) is 0 Å². The first-order valence-electron chi connectivity index (χ1n) is 11.9. The molecule has 8 heteroatoms. The van der Waals surface area contributed by atoms with Crippen molar-refractivity contribution >= 4 is 39.5 Å². The molecule has 0 bridgehead atoms. The maximum absolute atomic E-state index is 14.2. The average Bonchev–Trinajstić information content (AvgIpc) is 3.40. The van der Waals surface area contributed by atoms with E-state index in [0.29, 0.717) is 27.2 Å². The summed E-state index contributed by atoms with van der Waals surface area (Å²) in [5, 5.41) is 20.9. The monoisotopic (exact) mass is 512 g/mol. The summed E-state index contributed by atoms with van der Waals surface area (Å²) < 4.78 is 3.18. The van der Waals surface area contributed by atoms with Gasteiger partial charge in [-0.3, -0.25) is 13.9 Å². The molecule has 0 saturated carbocycles. The second-order valence-electron chi connectivity index (χ2n) is 9.43. The summed E-state index contributed by atoms with van der Waals surface area (Å²) in [4.78, 5) is 29.4. The van der Waals surface area contributed by atoms with Crippen LogP contribution in [0.4, 0.5) is 0 Å². The number of nitriles is 1. The molecule has 0 saturated heterocycles. The second kappa shape index (κ2) is 9.30. The van der Waals surface area contributed by atoms with Crippen molar-refractivity contribution in [3.8, 4) is 6.07 Å². The maximum Gasteiger partial charge on any atom is 0.330 e. The lowest BCUT2D eigenvalue weighted by Crippen LogP contribution is -2.31. The van der Waals surface area contributed by atoms with Crippen LogP contribution < -0.4 is 5.69 Å². The fraction of sp³-hybridized carbons (Fsp3) is 0.207. The fourth-order valence-corrected chi connectivity index (χ4v) is 5.48. The van der Waals surface area contributed by atoms with Crippen LogP contribution in [0.25, 0.3) is 21.9 Å². The number of carboxylic acids is 1. The topological polar surface area (TPSA) is 104 Å². The fourth-order valence-electron chi connectivity index (χ4n) is 5.36. The Hall–Kier alpha value is -4.28. The highest BCUT2D eigenvalue weighted by molar-refractivity contribution is 6.30. The highest BCUT2D eigenvalue weighted by atomic mass is 35.5. The lowest BCUT2D eigenvalue weighted by molar-refractivity contribution is -0.137. The third-order valence-corrected chi connectivity index (χ3v) is 7.21. The number of nitrogens with one attached hydrogen (secondary N) is 1. The zero-order valence-electron chi connectivity index (χ0n) is 20.6. The molecule has 0 spiro atoms. The number of aryl methyl sites for hydroxylation is 2. The smallest absolute Gasteiger partial charge is 0.330 e. The van der Waals surface area contributed by atoms with E-state index in [1.165, 1.54) is 4.57 Å². The Labute approximate surface area is 218 Å². The average molecular weight is 513 g/mol. The Kier molecular flexibility index (Phi) is 6.14. The van der Waals surface area contributed by atoms with Gasteiger partial charge in [0.05, 0.1) is 41.2 Å². The molecular formula is C29H25ClN4O3. The molecule has 0 amide bonds. The number of H-pyrrole nitrogens is 1. The van der Waals surface area contributed by atoms with E-state index in [1.54, 1.807) is 47.0 Å². The molecule has 2 aromatic heterocycles. The summed E-state index contributed by atoms with van der Waals surface area (Å²) in [6.07, 6.45) is 1.62. The van der Waals surface area contributed by atoms with E-state index in [1.807, 2.05) is 27.0 Å². The number of nitrogens with zero attached hydrogens (tertiary/aromatic N) is 3. The first-order valence-corrected chi connectivity index (χ1v) is 12.3. The van der Waals surface area contributed by atoms with Gasteiger partial charge in [0.2, 0.25) is 0 Å². The number of aromatic amines is 1. The van der Waals surface area contributed by atoms with Crippen LogP contribution in [0.2, 0.25) is 5.02 Å². The molecule has 5 rings (SSSR count). The van der Waals surface area contributed by atoms with E-state index < -0.39 is 12.0 Å². The number of aromatic nitrogens is 3. The zero-order chi connectivity index (χ0) is 26.4. The number of carbonyl (C=O) groups is 1. The third kappa shape index (κ3) is 4.20. The number of imidazole rings is 1. The molecule has 0 radical (unpaired) electrons. The number of benzene rings is 3. The van der Waals surface area contributed by atoms with Crippen LogP contribution in [0.15, 0.2) is 65.6 Å². The molecule has 2 atom stereocenters. The molecule has 5 aromatic rings. The predicted molar refractivity (Wildman–Crippen MR) is 144 cm³/mol. The molecule has 186 valence electrons. The van der Waals surface area contributed by atoms with Gasteiger partial charge in [-0.1, -0.05) is 29.8 Å². The molecule has 0 aliphatic heterocycles. The number of hydrogen-bond donors (Lipinski definition) is 2. The molecule has 0 fully saturated rings. The lowest BCUT2D eigenvalue weighted by Gasteiger charge is -2.18. The van der Waals surface area contributed by atoms with Crippen molar-refractivity contribution in [3.05, 3.63) is 104 Å². The van der Waals surface area contributed by atoms with Crippen molar-refractivity contribution < 1.29 is 9.90 Å². The van der Waals surface area contributed by atoms with Crippen molar-refractivity contribution in [2.24, 2.45) is 0 Å². The van der Waals surface area contributed by atoms with Crippen molar-refractivity contribution in [3.63, 3.8) is 0 Å². The second-order valence-corrected chi connectivity index (χ2v) is 9.86. The highest BCUT2D eigenvalue weighted by Gasteiger charge is 2.28. The van der Waals surface area contributed by atoms with Gasteiger partial charge in [0.1, 0.15) is 0 Å². The molecule has 3 aromatic carbocycles. The van der Waals surface area contributed by atoms with Crippen LogP contribution in [-0.4, -0.2) is 25.2 Å². The zero-order valence-corrected chi connectivity index (χ0v) is 21.4. The van der Waals surface area contributed by atoms with Crippen molar-refractivity contribution in [2.75, 3.05) is 0 Å². The van der Waals surface area contributed by atoms with Gasteiger partial charge in [0.25, 0.3) is 0 Å². The van der Waals surface area contributed by atoms with Crippen LogP contribution in [-0.2, 0) is 4.79 Å². The molecule has 0 aliphatic carbocycles. The Morgan fingerprint density at radius 1 is 1.08 bits per heavy atom. The van der Waals surface area contributed by atoms with Gasteiger partial charge >= 0.3 is 11.7 Å². The van der Waals surface area contributed by atoms with Gasteiger partial charge in [-0.05, 0) is 73.9 Å². The van der Waals surface area contributed by atoms with Crippen LogP contribution in [0.1, 0.15) is 53.2 Å². The minimum absolute atomic E-state index is 0.308. The van der Waals surface area contributed by atoms with Gasteiger partial charge in [-0.25, -0.2) is 4.79 Å². The maximum atomic E-state index is 14.2. The van der Waals surface area contributed by atoms with Crippen molar-refractivity contribution in [1.82, 2.24) is 14.1 Å². The van der Waals surface area contributed by atoms with Crippen LogP contribution in [0.5, 0.6) is 0 Å². The minimum atomic E-state index is -1.04. The van der Waals surface area contributed by atoms with Gasteiger partial charge < -0.3 is 10.1 Å². The number of halogens is 1. The standard InChI is InChI=1S/C29H25ClN4O3/c1-16-10-17(2)28-22(15-32-23(28)11-16)18(3)33-24-9-4-19(14-31)12-26(24)34(29(33)37)25(13-27(35)36)20-5-7-21(30)8-6-20/h4-12,15,18,25,32H,13H2,1-3H3,(H,35,36). The van der Waals surface area contributed by atoms with E-state index in [9.17, 15) is 20.0 Å². The molecule has 2 unspecified atom stereocenters. The van der Waals surface area contributed by atoms with Crippen molar-refractivity contribution in [1.29, 1.82) is 5.26 Å².